The van der Waals surface area contributed by atoms with Crippen LogP contribution in [0.15, 0.2) is 146 Å². The molecule has 29 nitrogen and oxygen atoms in total. The first-order valence-electron chi connectivity index (χ1n) is 38.1. The number of esters is 3. The number of aromatic carboxylic acids is 2. The van der Waals surface area contributed by atoms with Crippen LogP contribution in [0.4, 0.5) is 59.8 Å². The number of aryl methyl sites for hydroxylation is 4. The minimum atomic E-state index is -4.66. The average molecular weight is 1660 g/mol. The van der Waals surface area contributed by atoms with Crippen LogP contribution < -0.4 is 35.6 Å². The molecular weight excluding hydrogens is 1570 g/mol. The molecule has 6 aromatic carbocycles. The van der Waals surface area contributed by atoms with Crippen LogP contribution in [0.5, 0.6) is 0 Å². The molecular formula is C84H86F7N17O12. The molecule has 0 aliphatic carbocycles. The lowest BCUT2D eigenvalue weighted by Crippen LogP contribution is -2.29. The third-order valence-electron chi connectivity index (χ3n) is 20.7. The molecule has 0 spiro atoms. The largest absolute Gasteiger partial charge is 0.478 e. The molecule has 0 radical (unpaired) electrons. The summed E-state index contributed by atoms with van der Waals surface area (Å²) < 4.78 is 116. The topological polar surface area (TPSA) is 326 Å². The summed E-state index contributed by atoms with van der Waals surface area (Å²) in [4.78, 5) is 91.4. The van der Waals surface area contributed by atoms with Crippen molar-refractivity contribution >= 4 is 70.8 Å². The maximum absolute atomic E-state index is 14.2. The number of fused-ring (bicyclic) bond motifs is 5. The van der Waals surface area contributed by atoms with Gasteiger partial charge in [-0.15, -0.1) is 0 Å². The molecule has 5 N–H and O–H groups in total. The average Bonchev–Trinajstić information content (AvgIpc) is 1.64. The highest BCUT2D eigenvalue weighted by Crippen LogP contribution is 2.39. The number of amides is 2. The maximum atomic E-state index is 14.2. The Balaban J connectivity index is 0.000000141. The van der Waals surface area contributed by atoms with Crippen molar-refractivity contribution in [2.75, 3.05) is 79.0 Å². The van der Waals surface area contributed by atoms with Gasteiger partial charge in [-0.1, -0.05) is 97.1 Å². The van der Waals surface area contributed by atoms with Crippen LogP contribution in [0.25, 0.3) is 0 Å². The van der Waals surface area contributed by atoms with Gasteiger partial charge in [-0.2, -0.15) is 38.7 Å². The van der Waals surface area contributed by atoms with E-state index in [9.17, 15) is 69.4 Å². The molecule has 628 valence electrons. The Bertz CT molecular complexity index is 5660. The number of benzene rings is 6. The van der Waals surface area contributed by atoms with E-state index in [-0.39, 0.29) is 64.1 Å². The predicted molar refractivity (Wildman–Crippen MR) is 426 cm³/mol. The number of carbonyl (C=O) groups excluding carboxylic acids is 5. The lowest BCUT2D eigenvalue weighted by Gasteiger charge is -2.20. The summed E-state index contributed by atoms with van der Waals surface area (Å²) >= 11 is 0. The van der Waals surface area contributed by atoms with E-state index in [4.69, 9.17) is 14.6 Å². The fourth-order valence-electron chi connectivity index (χ4n) is 14.8. The second-order valence-electron chi connectivity index (χ2n) is 28.5. The molecule has 0 fully saturated rings. The minimum absolute atomic E-state index is 0.0687. The zero-order valence-corrected chi connectivity index (χ0v) is 66.8. The van der Waals surface area contributed by atoms with Gasteiger partial charge >= 0.3 is 36.0 Å². The van der Waals surface area contributed by atoms with Gasteiger partial charge in [-0.25, -0.2) is 64.9 Å². The summed E-state index contributed by atoms with van der Waals surface area (Å²) in [5.74, 6) is -2.68. The molecule has 0 unspecified atom stereocenters. The fourth-order valence-corrected chi connectivity index (χ4v) is 14.8. The van der Waals surface area contributed by atoms with E-state index in [0.29, 0.717) is 182 Å². The number of halogens is 7. The van der Waals surface area contributed by atoms with Gasteiger partial charge in [0.15, 0.2) is 5.69 Å². The number of aromatic nitrogens is 10. The standard InChI is InChI=1S/C24H25FN4O3.C23H23FN4O3.C15H16FN3O2.C14H14FN3O2.C8H8F3N3O2/c1-15(17-8-10-18(11-9-17)24(31)32-3)26-22(30)21-16(2)27-29-13-12-28(23(21)29)14-19-6-4-5-7-20(19)25;1-14(16-7-9-17(10-8-16)23(30)31)25-21(29)20-15(2)26-28-12-11-27(22(20)28)13-18-5-3-4-6-19(18)24;1-10-13(15(20)21-2)14-18(7-8-19(14)17-10)9-11-5-3-4-6-12(11)16;1-9-12(14(19)20)13-17(6-7-18(13)16-9)8-10-4-2-3-5-11(10)15;1-16-7(15)4-5(8(9,10)11)13-14-3-2-12-6(4)14/h4-11,15H,12-14H2,1-3H3,(H,26,30);3-10,14H,11-13H2,1-2H3,(H,25,29)(H,30,31);3-6H,7-9H2,1-2H3;2-5H,6-8H2,1H3,(H,19,20);12H,2-3H2,1H3/t15-;14-;;;/m00.../s1. The van der Waals surface area contributed by atoms with Crippen LogP contribution >= 0.6 is 0 Å². The van der Waals surface area contributed by atoms with Crippen molar-refractivity contribution in [2.45, 2.75) is 119 Å². The van der Waals surface area contributed by atoms with Gasteiger partial charge in [0, 0.05) is 81.2 Å². The zero-order chi connectivity index (χ0) is 86.1. The van der Waals surface area contributed by atoms with E-state index in [2.05, 4.69) is 46.2 Å². The SMILES string of the molecule is COC(=O)c1c(C(F)(F)F)nn2c1NCC2.COC(=O)c1c(C)nn2c1N(Cc1ccccc1F)CC2.COC(=O)c1ccc([C@H](C)NC(=O)c2c(C)nn3c2N(Cc2ccccc2F)CC3)cc1.Cc1nn2c(c1C(=O)N[C@@H](C)c1ccc(C(=O)O)cc1)N(Cc1ccccc1F)CC2.Cc1nn2c(c1C(=O)O)N(Cc1ccccc1F)CC2. The third kappa shape index (κ3) is 18.6. The second-order valence-corrected chi connectivity index (χ2v) is 28.5. The van der Waals surface area contributed by atoms with E-state index >= 15 is 0 Å². The van der Waals surface area contributed by atoms with E-state index in [1.54, 1.807) is 156 Å². The van der Waals surface area contributed by atoms with Gasteiger partial charge < -0.3 is 60.0 Å². The molecule has 16 rings (SSSR count). The van der Waals surface area contributed by atoms with E-state index in [0.717, 1.165) is 22.9 Å². The van der Waals surface area contributed by atoms with Crippen molar-refractivity contribution < 1.29 is 88.7 Å². The predicted octanol–water partition coefficient (Wildman–Crippen LogP) is 12.5. The summed E-state index contributed by atoms with van der Waals surface area (Å²) in [7, 11) is 3.71. The first kappa shape index (κ1) is 85.5. The van der Waals surface area contributed by atoms with Gasteiger partial charge in [0.25, 0.3) is 11.8 Å². The number of nitrogens with one attached hydrogen (secondary N) is 3. The summed E-state index contributed by atoms with van der Waals surface area (Å²) in [6.45, 7) is 18.2. The molecule has 0 bridgehead atoms. The quantitative estimate of drug-likeness (QED) is 0.0285. The number of carboxylic acids is 2. The number of hydrogen-bond donors (Lipinski definition) is 5. The smallest absolute Gasteiger partial charge is 0.436 e. The van der Waals surface area contributed by atoms with Crippen molar-refractivity contribution in [3.63, 3.8) is 0 Å². The van der Waals surface area contributed by atoms with Gasteiger partial charge in [0.05, 0.1) is 100 Å². The molecule has 0 saturated carbocycles. The Hall–Kier alpha value is -13.8. The molecule has 11 aromatic rings. The van der Waals surface area contributed by atoms with E-state index < -0.39 is 47.3 Å². The first-order chi connectivity index (χ1) is 57.4. The van der Waals surface area contributed by atoms with Crippen molar-refractivity contribution in [1.29, 1.82) is 0 Å². The van der Waals surface area contributed by atoms with Crippen LogP contribution in [0.2, 0.25) is 0 Å². The molecule has 5 aliphatic heterocycles. The molecule has 36 heteroatoms. The highest BCUT2D eigenvalue weighted by Gasteiger charge is 2.44. The van der Waals surface area contributed by atoms with Gasteiger partial charge in [0.1, 0.15) is 80.2 Å². The zero-order valence-electron chi connectivity index (χ0n) is 66.8. The number of rotatable bonds is 19. The Morgan fingerprint density at radius 3 is 1.05 bits per heavy atom. The molecule has 0 saturated heterocycles. The number of ether oxygens (including phenoxy) is 3. The number of alkyl halides is 3. The summed E-state index contributed by atoms with van der Waals surface area (Å²) in [5, 5.41) is 48.0. The van der Waals surface area contributed by atoms with Gasteiger partial charge in [0.2, 0.25) is 0 Å². The van der Waals surface area contributed by atoms with Crippen LogP contribution in [0.3, 0.4) is 0 Å². The molecule has 120 heavy (non-hydrogen) atoms. The van der Waals surface area contributed by atoms with E-state index in [1.807, 2.05) is 33.4 Å². The number of carbonyl (C=O) groups is 7. The number of anilines is 5. The van der Waals surface area contributed by atoms with Crippen LogP contribution in [-0.4, -0.2) is 155 Å². The Kier molecular flexibility index (Phi) is 26.2. The highest BCUT2D eigenvalue weighted by molar-refractivity contribution is 6.02. The second kappa shape index (κ2) is 36.8. The fraction of sp³-hybridized carbons (Fsp3) is 0.310. The Morgan fingerprint density at radius 2 is 0.717 bits per heavy atom. The van der Waals surface area contributed by atoms with Crippen LogP contribution in [0.1, 0.15) is 160 Å². The van der Waals surface area contributed by atoms with Crippen LogP contribution in [0, 0.1) is 51.0 Å². The summed E-state index contributed by atoms with van der Waals surface area (Å²) in [5.41, 5.74) is 6.83. The molecule has 5 aromatic heterocycles. The summed E-state index contributed by atoms with van der Waals surface area (Å²) in [6.07, 6.45) is -4.66. The van der Waals surface area contributed by atoms with Gasteiger partial charge in [-0.3, -0.25) is 9.59 Å². The molecule has 10 heterocycles. The highest BCUT2D eigenvalue weighted by atomic mass is 19.4. The lowest BCUT2D eigenvalue weighted by atomic mass is 10.1. The number of nitrogens with zero attached hydrogens (tertiary/aromatic N) is 14. The first-order valence-corrected chi connectivity index (χ1v) is 38.1. The van der Waals surface area contributed by atoms with Crippen LogP contribution in [-0.2, 0) is 79.3 Å². The van der Waals surface area contributed by atoms with Crippen molar-refractivity contribution in [3.05, 3.63) is 270 Å². The van der Waals surface area contributed by atoms with E-state index in [1.165, 1.54) is 50.6 Å². The Morgan fingerprint density at radius 1 is 0.400 bits per heavy atom. The maximum Gasteiger partial charge on any atom is 0.436 e. The van der Waals surface area contributed by atoms with Crippen molar-refractivity contribution in [3.8, 4) is 0 Å². The van der Waals surface area contributed by atoms with Gasteiger partial charge in [-0.05, 0) is 101 Å². The molecule has 2 amide bonds. The number of methoxy groups -OCH3 is 3. The number of hydrogen-bond acceptors (Lipinski definition) is 20. The third-order valence-corrected chi connectivity index (χ3v) is 20.7. The van der Waals surface area contributed by atoms with Crippen molar-refractivity contribution in [2.24, 2.45) is 0 Å². The molecule has 2 atom stereocenters. The normalized spacial score (nSPS) is 13.7. The lowest BCUT2D eigenvalue weighted by molar-refractivity contribution is -0.142. The monoisotopic (exact) mass is 1660 g/mol. The Labute approximate surface area is 683 Å². The molecule has 5 aliphatic rings. The van der Waals surface area contributed by atoms with Crippen molar-refractivity contribution in [1.82, 2.24) is 59.5 Å². The number of carboxylic acid groups (broad SMARTS) is 2. The summed E-state index contributed by atoms with van der Waals surface area (Å²) in [6, 6.07) is 39.2. The minimum Gasteiger partial charge on any atom is -0.478 e.